The number of alkyl halides is 2. The molecular formula is C19H29F2N2O10P. The van der Waals surface area contributed by atoms with Crippen molar-refractivity contribution in [3.63, 3.8) is 0 Å². The largest absolute Gasteiger partial charge is 0.475 e. The van der Waals surface area contributed by atoms with E-state index >= 15 is 0 Å². The van der Waals surface area contributed by atoms with Crippen LogP contribution in [0.5, 0.6) is 0 Å². The van der Waals surface area contributed by atoms with E-state index in [0.717, 1.165) is 16.8 Å². The van der Waals surface area contributed by atoms with Gasteiger partial charge in [-0.3, -0.25) is 32.7 Å². The Morgan fingerprint density at radius 3 is 2.50 bits per heavy atom. The molecule has 5 atom stereocenters. The summed E-state index contributed by atoms with van der Waals surface area (Å²) < 4.78 is 65.2. The topological polar surface area (TPSA) is 155 Å². The molecular weight excluding hydrogens is 485 g/mol. The van der Waals surface area contributed by atoms with Gasteiger partial charge in [0.1, 0.15) is 31.5 Å². The van der Waals surface area contributed by atoms with E-state index in [9.17, 15) is 32.8 Å². The molecule has 194 valence electrons. The molecule has 2 heterocycles. The molecule has 0 aliphatic carbocycles. The van der Waals surface area contributed by atoms with Crippen molar-refractivity contribution >= 4 is 13.8 Å². The molecule has 0 spiro atoms. The summed E-state index contributed by atoms with van der Waals surface area (Å²) in [4.78, 5) is 37.8. The number of rotatable bonds is 10. The minimum Gasteiger partial charge on any atom is -0.462 e. The third kappa shape index (κ3) is 7.52. The quantitative estimate of drug-likeness (QED) is 0.347. The molecule has 0 radical (unpaired) electrons. The van der Waals surface area contributed by atoms with Crippen molar-refractivity contribution in [3.8, 4) is 0 Å². The molecule has 12 nitrogen and oxygen atoms in total. The highest BCUT2D eigenvalue weighted by Gasteiger charge is 2.50. The first-order valence-electron chi connectivity index (χ1n) is 10.3. The molecule has 0 aromatic carbocycles. The second kappa shape index (κ2) is 11.2. The van der Waals surface area contributed by atoms with Crippen molar-refractivity contribution in [1.29, 1.82) is 0 Å². The summed E-state index contributed by atoms with van der Waals surface area (Å²) in [6, 6.07) is 0.999. The number of phosphoric ester groups is 1. The first-order valence-corrected chi connectivity index (χ1v) is 11.8. The second-order valence-electron chi connectivity index (χ2n) is 8.78. The molecule has 1 unspecified atom stereocenters. The zero-order valence-corrected chi connectivity index (χ0v) is 20.2. The van der Waals surface area contributed by atoms with E-state index in [2.05, 4.69) is 0 Å². The summed E-state index contributed by atoms with van der Waals surface area (Å²) in [5.74, 6) is -0.635. The van der Waals surface area contributed by atoms with Crippen LogP contribution in [-0.4, -0.2) is 64.7 Å². The number of hydrogen-bond donors (Lipinski definition) is 2. The van der Waals surface area contributed by atoms with Crippen LogP contribution in [0.3, 0.4) is 0 Å². The highest BCUT2D eigenvalue weighted by Crippen LogP contribution is 2.54. The van der Waals surface area contributed by atoms with Gasteiger partial charge in [0.2, 0.25) is 0 Å². The number of nitrogens with zero attached hydrogens (tertiary/aromatic N) is 1. The number of aromatic amines is 1. The summed E-state index contributed by atoms with van der Waals surface area (Å²) in [5.41, 5.74) is -2.52. The zero-order valence-electron chi connectivity index (χ0n) is 19.3. The lowest BCUT2D eigenvalue weighted by Crippen LogP contribution is -2.39. The first kappa shape index (κ1) is 28.3. The molecule has 2 N–H and O–H groups in total. The number of carbonyl (C=O) groups is 1. The van der Waals surface area contributed by atoms with Crippen LogP contribution in [0.2, 0.25) is 0 Å². The number of H-pyrrole nitrogens is 1. The Morgan fingerprint density at radius 2 is 1.97 bits per heavy atom. The van der Waals surface area contributed by atoms with Crippen LogP contribution >= 0.6 is 7.82 Å². The standard InChI is InChI=1S/C19H29F2N2O10P/c1-10(2)32-34(28,30-9-12(20)21)33-15-11(8-29-17(26)19(3,4)5)31-16(14(15)25)23-7-6-13(24)22-18(23)27/h6-7,10-12,14-16,25H,8-9H2,1-5H3,(H,22,24,27)/t11-,14-,15-,16-,34?/m1/s1. The van der Waals surface area contributed by atoms with Gasteiger partial charge in [-0.1, -0.05) is 0 Å². The van der Waals surface area contributed by atoms with E-state index in [1.165, 1.54) is 13.8 Å². The number of halogens is 2. The predicted molar refractivity (Wildman–Crippen MR) is 112 cm³/mol. The van der Waals surface area contributed by atoms with Crippen molar-refractivity contribution < 1.29 is 46.3 Å². The van der Waals surface area contributed by atoms with Gasteiger partial charge in [-0.15, -0.1) is 0 Å². The van der Waals surface area contributed by atoms with Gasteiger partial charge in [-0.25, -0.2) is 18.1 Å². The Balaban J connectivity index is 2.37. The lowest BCUT2D eigenvalue weighted by Gasteiger charge is -2.27. The minimum absolute atomic E-state index is 0.511. The SMILES string of the molecule is CC(C)OP(=O)(OCC(F)F)O[C@H]1[C@@H](O)[C@H](n2ccc(=O)[nH]c2=O)O[C@@H]1COC(=O)C(C)(C)C. The van der Waals surface area contributed by atoms with Crippen molar-refractivity contribution in [1.82, 2.24) is 9.55 Å². The highest BCUT2D eigenvalue weighted by atomic mass is 31.2. The van der Waals surface area contributed by atoms with E-state index in [4.69, 9.17) is 23.0 Å². The lowest BCUT2D eigenvalue weighted by molar-refractivity contribution is -0.159. The normalized spacial score (nSPS) is 25.0. The molecule has 1 aromatic rings. The van der Waals surface area contributed by atoms with Crippen LogP contribution in [0.1, 0.15) is 40.8 Å². The fraction of sp³-hybridized carbons (Fsp3) is 0.737. The predicted octanol–water partition coefficient (Wildman–Crippen LogP) is 1.58. The number of phosphoric acid groups is 1. The number of carbonyl (C=O) groups excluding carboxylic acids is 1. The Bertz CT molecular complexity index is 1010. The monoisotopic (exact) mass is 514 g/mol. The van der Waals surface area contributed by atoms with E-state index in [1.54, 1.807) is 20.8 Å². The molecule has 2 rings (SSSR count). The van der Waals surface area contributed by atoms with Gasteiger partial charge in [-0.05, 0) is 34.6 Å². The number of aliphatic hydroxyl groups excluding tert-OH is 1. The number of esters is 1. The van der Waals surface area contributed by atoms with Crippen molar-refractivity contribution in [3.05, 3.63) is 33.1 Å². The summed E-state index contributed by atoms with van der Waals surface area (Å²) in [6.45, 7) is 5.91. The number of hydrogen-bond acceptors (Lipinski definition) is 10. The lowest BCUT2D eigenvalue weighted by atomic mass is 9.97. The van der Waals surface area contributed by atoms with E-state index in [0.29, 0.717) is 0 Å². The molecule has 0 amide bonds. The summed E-state index contributed by atoms with van der Waals surface area (Å²) in [6.07, 6.45) is -8.85. The second-order valence-corrected chi connectivity index (χ2v) is 10.4. The fourth-order valence-corrected chi connectivity index (χ4v) is 4.40. The number of aromatic nitrogens is 2. The van der Waals surface area contributed by atoms with E-state index < -0.39 is 80.7 Å². The highest BCUT2D eigenvalue weighted by molar-refractivity contribution is 7.48. The number of ether oxygens (including phenoxy) is 2. The smallest absolute Gasteiger partial charge is 0.462 e. The third-order valence-electron chi connectivity index (χ3n) is 4.38. The maximum atomic E-state index is 13.0. The van der Waals surface area contributed by atoms with Gasteiger partial charge in [0, 0.05) is 12.3 Å². The maximum Gasteiger partial charge on any atom is 0.475 e. The molecule has 1 fully saturated rings. The van der Waals surface area contributed by atoms with Crippen LogP contribution in [-0.2, 0) is 32.4 Å². The van der Waals surface area contributed by atoms with E-state index in [-0.39, 0.29) is 0 Å². The van der Waals surface area contributed by atoms with Crippen LogP contribution in [0.25, 0.3) is 0 Å². The van der Waals surface area contributed by atoms with Crippen LogP contribution < -0.4 is 11.2 Å². The van der Waals surface area contributed by atoms with Crippen molar-refractivity contribution in [2.24, 2.45) is 5.41 Å². The number of nitrogens with one attached hydrogen (secondary N) is 1. The van der Waals surface area contributed by atoms with E-state index in [1.807, 2.05) is 4.98 Å². The molecule has 15 heteroatoms. The Labute approximate surface area is 193 Å². The Hall–Kier alpha value is -1.96. The van der Waals surface area contributed by atoms with Gasteiger partial charge >= 0.3 is 19.5 Å². The molecule has 34 heavy (non-hydrogen) atoms. The maximum absolute atomic E-state index is 13.0. The van der Waals surface area contributed by atoms with Gasteiger partial charge in [0.25, 0.3) is 12.0 Å². The third-order valence-corrected chi connectivity index (χ3v) is 6.02. The number of aliphatic hydroxyl groups is 1. The van der Waals surface area contributed by atoms with Crippen molar-refractivity contribution in [2.75, 3.05) is 13.2 Å². The minimum atomic E-state index is -4.68. The molecule has 1 aromatic heterocycles. The van der Waals surface area contributed by atoms with Crippen molar-refractivity contribution in [2.45, 2.75) is 71.7 Å². The average molecular weight is 514 g/mol. The van der Waals surface area contributed by atoms with Gasteiger partial charge in [0.15, 0.2) is 6.23 Å². The summed E-state index contributed by atoms with van der Waals surface area (Å²) in [5, 5.41) is 10.8. The van der Waals surface area contributed by atoms with Crippen LogP contribution in [0.15, 0.2) is 21.9 Å². The molecule has 0 saturated carbocycles. The van der Waals surface area contributed by atoms with Gasteiger partial charge in [0.05, 0.1) is 11.5 Å². The summed E-state index contributed by atoms with van der Waals surface area (Å²) >= 11 is 0. The summed E-state index contributed by atoms with van der Waals surface area (Å²) in [7, 11) is -4.68. The van der Waals surface area contributed by atoms with Gasteiger partial charge in [-0.2, -0.15) is 0 Å². The molecule has 0 bridgehead atoms. The average Bonchev–Trinajstić information content (AvgIpc) is 2.98. The van der Waals surface area contributed by atoms with Gasteiger partial charge < -0.3 is 14.6 Å². The first-order chi connectivity index (χ1) is 15.6. The zero-order chi connectivity index (χ0) is 25.8. The molecule has 1 aliphatic rings. The molecule has 1 aliphatic heterocycles. The van der Waals surface area contributed by atoms with Crippen LogP contribution in [0.4, 0.5) is 8.78 Å². The Kier molecular flexibility index (Phi) is 9.30. The van der Waals surface area contributed by atoms with Crippen LogP contribution in [0, 0.1) is 5.41 Å². The molecule has 1 saturated heterocycles. The fourth-order valence-electron chi connectivity index (χ4n) is 2.86. The Morgan fingerprint density at radius 1 is 1.32 bits per heavy atom.